The number of hydrogen-bond donors (Lipinski definition) is 0. The van der Waals surface area contributed by atoms with Crippen molar-refractivity contribution < 1.29 is 28.2 Å². The first kappa shape index (κ1) is 25.2. The molecule has 3 fully saturated rings. The molecule has 4 rings (SSSR count). The molecular weight excluding hydrogens is 448 g/mol. The average Bonchev–Trinajstić information content (AvgIpc) is 3.09. The maximum Gasteiger partial charge on any atom is 0.310 e. The highest BCUT2D eigenvalue weighted by atomic mass is 28.4. The van der Waals surface area contributed by atoms with Gasteiger partial charge in [0.1, 0.15) is 11.9 Å². The zero-order chi connectivity index (χ0) is 25.0. The van der Waals surface area contributed by atoms with Gasteiger partial charge in [0.25, 0.3) is 0 Å². The van der Waals surface area contributed by atoms with Gasteiger partial charge in [0.2, 0.25) is 0 Å². The SMILES string of the molecule is COc1ccc(C2OC(=O)[C@@H]3C[C@H]2[C@H]2[C@@H]3C(=O)CC[C@H]2O[Si](C)(C)C(C)(C)C)cc1OC(C)C. The normalized spacial score (nSPS) is 31.3. The van der Waals surface area contributed by atoms with Gasteiger partial charge >= 0.3 is 5.97 Å². The number of ether oxygens (including phenoxy) is 3. The van der Waals surface area contributed by atoms with Gasteiger partial charge < -0.3 is 18.6 Å². The van der Waals surface area contributed by atoms with E-state index >= 15 is 0 Å². The van der Waals surface area contributed by atoms with E-state index in [1.807, 2.05) is 32.0 Å². The molecule has 7 heteroatoms. The Balaban J connectivity index is 1.70. The number of fused-ring (bicyclic) bond motifs is 5. The summed E-state index contributed by atoms with van der Waals surface area (Å²) in [6, 6.07) is 5.75. The number of cyclic esters (lactones) is 1. The fraction of sp³-hybridized carbons (Fsp3) is 0.704. The lowest BCUT2D eigenvalue weighted by Crippen LogP contribution is -2.50. The van der Waals surface area contributed by atoms with E-state index in [1.54, 1.807) is 7.11 Å². The zero-order valence-corrected chi connectivity index (χ0v) is 22.8. The highest BCUT2D eigenvalue weighted by Crippen LogP contribution is 2.58. The smallest absolute Gasteiger partial charge is 0.310 e. The fourth-order valence-corrected chi connectivity index (χ4v) is 7.20. The third-order valence-corrected chi connectivity index (χ3v) is 12.9. The molecule has 2 saturated carbocycles. The topological polar surface area (TPSA) is 71.1 Å². The Kier molecular flexibility index (Phi) is 6.66. The summed E-state index contributed by atoms with van der Waals surface area (Å²) in [7, 11) is -0.433. The number of carbonyl (C=O) groups is 2. The van der Waals surface area contributed by atoms with Crippen LogP contribution < -0.4 is 9.47 Å². The predicted molar refractivity (Wildman–Crippen MR) is 132 cm³/mol. The maximum absolute atomic E-state index is 13.1. The molecule has 1 aliphatic heterocycles. The fourth-order valence-electron chi connectivity index (χ4n) is 5.81. The van der Waals surface area contributed by atoms with Crippen molar-refractivity contribution >= 4 is 20.1 Å². The van der Waals surface area contributed by atoms with Gasteiger partial charge in [-0.05, 0) is 62.5 Å². The Morgan fingerprint density at radius 2 is 1.82 bits per heavy atom. The summed E-state index contributed by atoms with van der Waals surface area (Å²) in [5.41, 5.74) is 0.887. The summed E-state index contributed by atoms with van der Waals surface area (Å²) in [6.45, 7) is 15.2. The van der Waals surface area contributed by atoms with Crippen molar-refractivity contribution in [1.29, 1.82) is 0 Å². The van der Waals surface area contributed by atoms with Gasteiger partial charge in [-0.3, -0.25) is 9.59 Å². The largest absolute Gasteiger partial charge is 0.493 e. The van der Waals surface area contributed by atoms with Crippen molar-refractivity contribution in [3.63, 3.8) is 0 Å². The minimum atomic E-state index is -2.05. The van der Waals surface area contributed by atoms with Crippen molar-refractivity contribution in [2.45, 2.75) is 90.3 Å². The second-order valence-corrected chi connectivity index (χ2v) is 16.7. The highest BCUT2D eigenvalue weighted by molar-refractivity contribution is 6.74. The lowest BCUT2D eigenvalue weighted by atomic mass is 9.72. The molecule has 1 unspecified atom stereocenters. The minimum Gasteiger partial charge on any atom is -0.493 e. The lowest BCUT2D eigenvalue weighted by Gasteiger charge is -2.45. The van der Waals surface area contributed by atoms with Crippen LogP contribution in [0.4, 0.5) is 0 Å². The van der Waals surface area contributed by atoms with Gasteiger partial charge in [0.15, 0.2) is 19.8 Å². The molecule has 188 valence electrons. The van der Waals surface area contributed by atoms with Crippen molar-refractivity contribution in [1.82, 2.24) is 0 Å². The van der Waals surface area contributed by atoms with E-state index in [4.69, 9.17) is 18.6 Å². The first-order valence-corrected chi connectivity index (χ1v) is 15.5. The first-order chi connectivity index (χ1) is 15.8. The number of rotatable bonds is 6. The van der Waals surface area contributed by atoms with Crippen LogP contribution in [-0.2, 0) is 18.8 Å². The van der Waals surface area contributed by atoms with Crippen molar-refractivity contribution in [3.05, 3.63) is 23.8 Å². The van der Waals surface area contributed by atoms with Crippen LogP contribution in [0.15, 0.2) is 18.2 Å². The zero-order valence-electron chi connectivity index (χ0n) is 21.8. The first-order valence-electron chi connectivity index (χ1n) is 12.6. The van der Waals surface area contributed by atoms with Gasteiger partial charge in [-0.2, -0.15) is 0 Å². The Morgan fingerprint density at radius 1 is 1.12 bits per heavy atom. The van der Waals surface area contributed by atoms with Gasteiger partial charge in [0.05, 0.1) is 19.1 Å². The standard InChI is InChI=1S/C27H40O6Si/c1-15(2)31-22-13-16(9-11-20(22)30-6)25-17-14-18(26(29)32-25)23-19(28)10-12-21(24(17)23)33-34(7,8)27(3,4)5/h9,11,13,15,17-18,21,23-25H,10,12,14H2,1-8H3/t17-,18+,21+,23-,24+,25?/m0/s1. The summed E-state index contributed by atoms with van der Waals surface area (Å²) in [4.78, 5) is 26.2. The molecule has 1 saturated heterocycles. The van der Waals surface area contributed by atoms with Crippen LogP contribution in [0.3, 0.4) is 0 Å². The molecule has 0 amide bonds. The van der Waals surface area contributed by atoms with Gasteiger partial charge in [-0.25, -0.2) is 0 Å². The lowest BCUT2D eigenvalue weighted by molar-refractivity contribution is -0.163. The summed E-state index contributed by atoms with van der Waals surface area (Å²) >= 11 is 0. The van der Waals surface area contributed by atoms with Gasteiger partial charge in [0, 0.05) is 30.3 Å². The summed E-state index contributed by atoms with van der Waals surface area (Å²) < 4.78 is 24.4. The van der Waals surface area contributed by atoms with E-state index in [1.165, 1.54) is 0 Å². The molecular formula is C27H40O6Si. The summed E-state index contributed by atoms with van der Waals surface area (Å²) in [5, 5.41) is 0.0719. The van der Waals surface area contributed by atoms with Crippen LogP contribution in [0.2, 0.25) is 18.1 Å². The van der Waals surface area contributed by atoms with Crippen LogP contribution in [-0.4, -0.2) is 39.4 Å². The Labute approximate surface area is 204 Å². The Hall–Kier alpha value is -1.86. The van der Waals surface area contributed by atoms with E-state index in [2.05, 4.69) is 33.9 Å². The van der Waals surface area contributed by atoms with E-state index in [9.17, 15) is 9.59 Å². The van der Waals surface area contributed by atoms with E-state index in [0.29, 0.717) is 24.3 Å². The number of carbonyl (C=O) groups excluding carboxylic acids is 2. The van der Waals surface area contributed by atoms with Crippen LogP contribution in [0.1, 0.15) is 65.5 Å². The van der Waals surface area contributed by atoms with Crippen molar-refractivity contribution in [2.24, 2.45) is 23.7 Å². The van der Waals surface area contributed by atoms with Gasteiger partial charge in [-0.15, -0.1) is 0 Å². The number of esters is 1. The summed E-state index contributed by atoms with van der Waals surface area (Å²) in [6.07, 6.45) is 1.42. The molecule has 6 atom stereocenters. The van der Waals surface area contributed by atoms with Crippen LogP contribution in [0, 0.1) is 23.7 Å². The molecule has 1 aromatic carbocycles. The molecule has 1 aromatic rings. The summed E-state index contributed by atoms with van der Waals surface area (Å²) in [5.74, 6) is 0.622. The molecule has 2 aliphatic carbocycles. The second kappa shape index (κ2) is 8.97. The maximum atomic E-state index is 13.1. The number of methoxy groups -OCH3 is 1. The quantitative estimate of drug-likeness (QED) is 0.378. The third-order valence-electron chi connectivity index (χ3n) is 8.41. The number of hydrogen-bond acceptors (Lipinski definition) is 6. The average molecular weight is 489 g/mol. The third kappa shape index (κ3) is 4.41. The van der Waals surface area contributed by atoms with Gasteiger partial charge in [-0.1, -0.05) is 26.8 Å². The van der Waals surface area contributed by atoms with Crippen LogP contribution >= 0.6 is 0 Å². The minimum absolute atomic E-state index is 0.00612. The number of Topliss-reactive ketones (excluding diaryl/α,β-unsaturated/α-hetero) is 1. The van der Waals surface area contributed by atoms with E-state index < -0.39 is 14.4 Å². The number of ketones is 1. The van der Waals surface area contributed by atoms with Crippen molar-refractivity contribution in [3.8, 4) is 11.5 Å². The molecule has 6 nitrogen and oxygen atoms in total. The monoisotopic (exact) mass is 488 g/mol. The van der Waals surface area contributed by atoms with E-state index in [-0.39, 0.29) is 52.7 Å². The molecule has 0 aromatic heterocycles. The Morgan fingerprint density at radius 3 is 2.44 bits per heavy atom. The second-order valence-electron chi connectivity index (χ2n) is 12.0. The highest BCUT2D eigenvalue weighted by Gasteiger charge is 2.61. The molecule has 34 heavy (non-hydrogen) atoms. The molecule has 0 spiro atoms. The van der Waals surface area contributed by atoms with Crippen molar-refractivity contribution in [2.75, 3.05) is 7.11 Å². The Bertz CT molecular complexity index is 949. The molecule has 1 heterocycles. The number of benzene rings is 1. The molecule has 3 aliphatic rings. The molecule has 2 bridgehead atoms. The predicted octanol–water partition coefficient (Wildman–Crippen LogP) is 5.70. The van der Waals surface area contributed by atoms with Crippen LogP contribution in [0.25, 0.3) is 0 Å². The van der Waals surface area contributed by atoms with E-state index in [0.717, 1.165) is 12.0 Å². The molecule has 0 N–H and O–H groups in total. The molecule has 0 radical (unpaired) electrons. The van der Waals surface area contributed by atoms with Crippen LogP contribution in [0.5, 0.6) is 11.5 Å².